The molecule has 0 aliphatic carbocycles. The molecule has 0 saturated carbocycles. The lowest BCUT2D eigenvalue weighted by atomic mass is 10.2. The van der Waals surface area contributed by atoms with E-state index < -0.39 is 10.8 Å². The van der Waals surface area contributed by atoms with Crippen molar-refractivity contribution in [3.05, 3.63) is 34.0 Å². The Morgan fingerprint density at radius 3 is 2.71 bits per heavy atom. The van der Waals surface area contributed by atoms with Crippen LogP contribution in [-0.2, 0) is 4.79 Å². The maximum Gasteiger partial charge on any atom is 0.272 e. The Balaban J connectivity index is 2.13. The zero-order valence-corrected chi connectivity index (χ0v) is 11.2. The molecule has 0 unspecified atom stereocenters. The summed E-state index contributed by atoms with van der Waals surface area (Å²) in [6, 6.07) is 4.12. The molecule has 0 aliphatic rings. The van der Waals surface area contributed by atoms with E-state index in [-0.39, 0.29) is 23.8 Å². The highest BCUT2D eigenvalue weighted by Gasteiger charge is 2.16. The molecular weight excluding hydrogens is 278 g/mol. The van der Waals surface area contributed by atoms with Crippen molar-refractivity contribution in [2.75, 3.05) is 13.1 Å². The maximum absolute atomic E-state index is 12.0. The van der Waals surface area contributed by atoms with Gasteiger partial charge in [-0.05, 0) is 6.07 Å². The molecule has 9 heteroatoms. The summed E-state index contributed by atoms with van der Waals surface area (Å²) < 4.78 is 0. The number of aromatic amines is 1. The van der Waals surface area contributed by atoms with E-state index in [0.717, 1.165) is 0 Å². The van der Waals surface area contributed by atoms with Crippen molar-refractivity contribution in [3.63, 3.8) is 0 Å². The minimum absolute atomic E-state index is 0.0801. The number of rotatable bonds is 5. The third-order valence-corrected chi connectivity index (χ3v) is 2.76. The van der Waals surface area contributed by atoms with Crippen LogP contribution in [0.3, 0.4) is 0 Å². The second-order valence-electron chi connectivity index (χ2n) is 4.30. The average molecular weight is 291 g/mol. The first-order valence-electron chi connectivity index (χ1n) is 6.14. The normalized spacial score (nSPS) is 10.3. The van der Waals surface area contributed by atoms with Gasteiger partial charge in [-0.1, -0.05) is 0 Å². The fraction of sp³-hybridized carbons (Fsp3) is 0.250. The van der Waals surface area contributed by atoms with Crippen molar-refractivity contribution < 1.29 is 14.5 Å². The summed E-state index contributed by atoms with van der Waals surface area (Å²) >= 11 is 0. The minimum Gasteiger partial charge on any atom is -0.355 e. The van der Waals surface area contributed by atoms with Gasteiger partial charge in [-0.25, -0.2) is 0 Å². The summed E-state index contributed by atoms with van der Waals surface area (Å²) in [6.45, 7) is 1.91. The van der Waals surface area contributed by atoms with Crippen molar-refractivity contribution in [1.29, 1.82) is 0 Å². The minimum atomic E-state index is -0.537. The molecule has 2 rings (SSSR count). The van der Waals surface area contributed by atoms with Gasteiger partial charge in [-0.15, -0.1) is 0 Å². The number of carbonyl (C=O) groups excluding carboxylic acids is 2. The molecule has 0 bridgehead atoms. The van der Waals surface area contributed by atoms with Crippen LogP contribution >= 0.6 is 0 Å². The lowest BCUT2D eigenvalue weighted by Crippen LogP contribution is -2.33. The van der Waals surface area contributed by atoms with E-state index in [0.29, 0.717) is 17.4 Å². The Kier molecular flexibility index (Phi) is 4.12. The van der Waals surface area contributed by atoms with Crippen LogP contribution in [0.1, 0.15) is 17.4 Å². The smallest absolute Gasteiger partial charge is 0.272 e. The lowest BCUT2D eigenvalue weighted by Gasteiger charge is -2.04. The number of non-ortho nitro benzene ring substituents is 1. The maximum atomic E-state index is 12.0. The first-order chi connectivity index (χ1) is 9.99. The lowest BCUT2D eigenvalue weighted by molar-refractivity contribution is -0.384. The molecule has 1 heterocycles. The van der Waals surface area contributed by atoms with E-state index in [9.17, 15) is 19.7 Å². The number of H-pyrrole nitrogens is 1. The van der Waals surface area contributed by atoms with Crippen LogP contribution in [0, 0.1) is 10.1 Å². The zero-order chi connectivity index (χ0) is 15.4. The van der Waals surface area contributed by atoms with Gasteiger partial charge < -0.3 is 10.6 Å². The highest BCUT2D eigenvalue weighted by atomic mass is 16.6. The number of nitro groups is 1. The largest absolute Gasteiger partial charge is 0.355 e. The van der Waals surface area contributed by atoms with Crippen LogP contribution in [0.2, 0.25) is 0 Å². The van der Waals surface area contributed by atoms with E-state index in [1.807, 2.05) is 0 Å². The van der Waals surface area contributed by atoms with Gasteiger partial charge in [0.1, 0.15) is 0 Å². The number of nitro benzene ring substituents is 1. The zero-order valence-electron chi connectivity index (χ0n) is 11.2. The van der Waals surface area contributed by atoms with Crippen molar-refractivity contribution in [1.82, 2.24) is 20.8 Å². The predicted molar refractivity (Wildman–Crippen MR) is 73.8 cm³/mol. The molecule has 2 aromatic rings. The molecule has 1 aromatic heterocycles. The molecule has 1 aromatic carbocycles. The molecule has 3 N–H and O–H groups in total. The predicted octanol–water partition coefficient (Wildman–Crippen LogP) is 0.337. The summed E-state index contributed by atoms with van der Waals surface area (Å²) in [5.41, 5.74) is 0.500. The van der Waals surface area contributed by atoms with Crippen LogP contribution in [0.4, 0.5) is 5.69 Å². The van der Waals surface area contributed by atoms with Gasteiger partial charge in [-0.3, -0.25) is 24.8 Å². The number of nitrogens with one attached hydrogen (secondary N) is 3. The van der Waals surface area contributed by atoms with Crippen LogP contribution in [0.15, 0.2) is 18.2 Å². The van der Waals surface area contributed by atoms with Gasteiger partial charge in [0, 0.05) is 37.5 Å². The summed E-state index contributed by atoms with van der Waals surface area (Å²) in [7, 11) is 0. The summed E-state index contributed by atoms with van der Waals surface area (Å²) in [5.74, 6) is -0.655. The van der Waals surface area contributed by atoms with Crippen LogP contribution < -0.4 is 10.6 Å². The molecule has 110 valence electrons. The number of benzene rings is 1. The second kappa shape index (κ2) is 5.99. The van der Waals surface area contributed by atoms with Crippen molar-refractivity contribution >= 4 is 28.4 Å². The summed E-state index contributed by atoms with van der Waals surface area (Å²) in [6.07, 6.45) is 0. The Morgan fingerprint density at radius 2 is 2.05 bits per heavy atom. The quantitative estimate of drug-likeness (QED) is 0.415. The number of fused-ring (bicyclic) bond motifs is 1. The molecule has 2 amide bonds. The molecule has 0 saturated heterocycles. The van der Waals surface area contributed by atoms with E-state index in [2.05, 4.69) is 20.8 Å². The Labute approximate surface area is 118 Å². The fourth-order valence-corrected chi connectivity index (χ4v) is 1.79. The number of hydrogen-bond donors (Lipinski definition) is 3. The molecule has 9 nitrogen and oxygen atoms in total. The second-order valence-corrected chi connectivity index (χ2v) is 4.30. The van der Waals surface area contributed by atoms with E-state index in [4.69, 9.17) is 0 Å². The third-order valence-electron chi connectivity index (χ3n) is 2.76. The molecule has 21 heavy (non-hydrogen) atoms. The molecule has 0 atom stereocenters. The van der Waals surface area contributed by atoms with Crippen molar-refractivity contribution in [3.8, 4) is 0 Å². The number of nitrogens with zero attached hydrogens (tertiary/aromatic N) is 2. The van der Waals surface area contributed by atoms with Gasteiger partial charge >= 0.3 is 0 Å². The van der Waals surface area contributed by atoms with E-state index in [1.165, 1.54) is 25.1 Å². The Morgan fingerprint density at radius 1 is 1.33 bits per heavy atom. The molecule has 0 fully saturated rings. The van der Waals surface area contributed by atoms with E-state index >= 15 is 0 Å². The van der Waals surface area contributed by atoms with Gasteiger partial charge in [0.25, 0.3) is 11.6 Å². The first kappa shape index (κ1) is 14.4. The van der Waals surface area contributed by atoms with Crippen LogP contribution in [-0.4, -0.2) is 40.0 Å². The third kappa shape index (κ3) is 3.32. The highest BCUT2D eigenvalue weighted by molar-refractivity contribution is 6.05. The molecular formula is C12H13N5O4. The summed E-state index contributed by atoms with van der Waals surface area (Å²) in [4.78, 5) is 32.9. The molecule has 0 radical (unpaired) electrons. The SMILES string of the molecule is CC(=O)NCCNC(=O)c1n[nH]c2ccc([N+](=O)[O-])cc12. The number of aromatic nitrogens is 2. The van der Waals surface area contributed by atoms with Gasteiger partial charge in [-0.2, -0.15) is 5.10 Å². The number of carbonyl (C=O) groups is 2. The summed E-state index contributed by atoms with van der Waals surface area (Å²) in [5, 5.41) is 22.7. The first-order valence-corrected chi connectivity index (χ1v) is 6.14. The standard InChI is InChI=1S/C12H13N5O4/c1-7(18)13-4-5-14-12(19)11-9-6-8(17(20)21)2-3-10(9)15-16-11/h2-3,6H,4-5H2,1H3,(H,13,18)(H,14,19)(H,15,16). The fourth-order valence-electron chi connectivity index (χ4n) is 1.79. The number of amides is 2. The van der Waals surface area contributed by atoms with Gasteiger partial charge in [0.15, 0.2) is 5.69 Å². The monoisotopic (exact) mass is 291 g/mol. The van der Waals surface area contributed by atoms with Crippen LogP contribution in [0.5, 0.6) is 0 Å². The Bertz CT molecular complexity index is 709. The average Bonchev–Trinajstić information content (AvgIpc) is 2.86. The topological polar surface area (TPSA) is 130 Å². The van der Waals surface area contributed by atoms with E-state index in [1.54, 1.807) is 0 Å². The molecule has 0 spiro atoms. The van der Waals surface area contributed by atoms with Crippen molar-refractivity contribution in [2.24, 2.45) is 0 Å². The van der Waals surface area contributed by atoms with Crippen molar-refractivity contribution in [2.45, 2.75) is 6.92 Å². The van der Waals surface area contributed by atoms with Crippen LogP contribution in [0.25, 0.3) is 10.9 Å². The van der Waals surface area contributed by atoms with Gasteiger partial charge in [0.2, 0.25) is 5.91 Å². The highest BCUT2D eigenvalue weighted by Crippen LogP contribution is 2.21. The number of hydrogen-bond acceptors (Lipinski definition) is 5. The Hall–Kier alpha value is -2.97. The van der Waals surface area contributed by atoms with Gasteiger partial charge in [0.05, 0.1) is 10.4 Å². The molecule has 0 aliphatic heterocycles.